The van der Waals surface area contributed by atoms with Gasteiger partial charge >= 0.3 is 0 Å². The van der Waals surface area contributed by atoms with Gasteiger partial charge in [0.25, 0.3) is 0 Å². The Bertz CT molecular complexity index is 452. The zero-order chi connectivity index (χ0) is 13.7. The van der Waals surface area contributed by atoms with Crippen LogP contribution in [-0.4, -0.2) is 30.1 Å². The molecule has 1 unspecified atom stereocenters. The Morgan fingerprint density at radius 1 is 1.58 bits per heavy atom. The van der Waals surface area contributed by atoms with Gasteiger partial charge in [-0.15, -0.1) is 11.3 Å². The van der Waals surface area contributed by atoms with Crippen LogP contribution in [0.2, 0.25) is 0 Å². The molecule has 1 atom stereocenters. The highest BCUT2D eigenvalue weighted by Crippen LogP contribution is 2.23. The van der Waals surface area contributed by atoms with Gasteiger partial charge in [-0.05, 0) is 25.3 Å². The Balaban J connectivity index is 2.03. The second-order valence-electron chi connectivity index (χ2n) is 5.23. The smallest absolute Gasteiger partial charge is 0.107 e. The zero-order valence-corrected chi connectivity index (χ0v) is 12.5. The maximum Gasteiger partial charge on any atom is 0.107 e. The van der Waals surface area contributed by atoms with E-state index in [1.54, 1.807) is 18.4 Å². The minimum atomic E-state index is 0.437. The molecular formula is C14H21N3OS. The van der Waals surface area contributed by atoms with Crippen LogP contribution in [0, 0.1) is 17.2 Å². The van der Waals surface area contributed by atoms with Crippen molar-refractivity contribution >= 4 is 11.3 Å². The molecule has 1 aromatic rings. The Morgan fingerprint density at radius 2 is 2.42 bits per heavy atom. The first kappa shape index (κ1) is 14.4. The molecule has 1 aliphatic heterocycles. The quantitative estimate of drug-likeness (QED) is 0.831. The second-order valence-corrected chi connectivity index (χ2v) is 6.40. The summed E-state index contributed by atoms with van der Waals surface area (Å²) in [4.78, 5) is 8.17. The molecule has 5 heteroatoms. The maximum atomic E-state index is 8.86. The van der Waals surface area contributed by atoms with Gasteiger partial charge in [0.15, 0.2) is 0 Å². The number of nitriles is 1. The molecular weight excluding hydrogens is 258 g/mol. The van der Waals surface area contributed by atoms with Gasteiger partial charge in [-0.1, -0.05) is 6.92 Å². The number of likely N-dealkylation sites (tertiary alicyclic amines) is 1. The van der Waals surface area contributed by atoms with Crippen LogP contribution in [0.4, 0.5) is 0 Å². The van der Waals surface area contributed by atoms with Crippen molar-refractivity contribution in [3.8, 4) is 6.07 Å². The zero-order valence-electron chi connectivity index (χ0n) is 11.7. The van der Waals surface area contributed by atoms with E-state index in [9.17, 15) is 0 Å². The van der Waals surface area contributed by atoms with Crippen LogP contribution in [0.15, 0.2) is 0 Å². The van der Waals surface area contributed by atoms with Crippen molar-refractivity contribution in [2.45, 2.75) is 39.3 Å². The summed E-state index contributed by atoms with van der Waals surface area (Å²) in [6.45, 7) is 6.05. The van der Waals surface area contributed by atoms with Gasteiger partial charge in [-0.25, -0.2) is 4.98 Å². The molecule has 19 heavy (non-hydrogen) atoms. The third-order valence-electron chi connectivity index (χ3n) is 3.44. The fourth-order valence-electron chi connectivity index (χ4n) is 2.59. The second kappa shape index (κ2) is 6.99. The molecule has 0 bridgehead atoms. The number of piperidine rings is 1. The van der Waals surface area contributed by atoms with Crippen molar-refractivity contribution in [1.82, 2.24) is 9.88 Å². The van der Waals surface area contributed by atoms with E-state index in [0.717, 1.165) is 41.1 Å². The summed E-state index contributed by atoms with van der Waals surface area (Å²) < 4.78 is 5.16. The lowest BCUT2D eigenvalue weighted by Crippen LogP contribution is -2.33. The molecule has 4 nitrogen and oxygen atoms in total. The standard InChI is InChI=1S/C14H21N3OS/c1-11-4-3-7-17(8-11)9-14-16-12(10-18-2)13(19-14)5-6-15/h11H,3-5,7-10H2,1-2H3. The average molecular weight is 279 g/mol. The Morgan fingerprint density at radius 3 is 3.11 bits per heavy atom. The Hall–Kier alpha value is -0.960. The van der Waals surface area contributed by atoms with Gasteiger partial charge in [-0.3, -0.25) is 4.90 Å². The number of ether oxygens (including phenoxy) is 1. The van der Waals surface area contributed by atoms with Gasteiger partial charge in [-0.2, -0.15) is 5.26 Å². The molecule has 104 valence electrons. The van der Waals surface area contributed by atoms with E-state index >= 15 is 0 Å². The fraction of sp³-hybridized carbons (Fsp3) is 0.714. The van der Waals surface area contributed by atoms with Gasteiger partial charge in [0, 0.05) is 18.5 Å². The van der Waals surface area contributed by atoms with Crippen LogP contribution in [0.3, 0.4) is 0 Å². The number of methoxy groups -OCH3 is 1. The molecule has 1 saturated heterocycles. The Labute approximate surface area is 119 Å². The van der Waals surface area contributed by atoms with E-state index in [1.807, 2.05) is 0 Å². The average Bonchev–Trinajstić information content (AvgIpc) is 2.72. The van der Waals surface area contributed by atoms with Crippen LogP contribution in [-0.2, 0) is 24.3 Å². The predicted molar refractivity (Wildman–Crippen MR) is 75.8 cm³/mol. The van der Waals surface area contributed by atoms with Crippen molar-refractivity contribution in [3.63, 3.8) is 0 Å². The highest BCUT2D eigenvalue weighted by Gasteiger charge is 2.19. The molecule has 1 aromatic heterocycles. The lowest BCUT2D eigenvalue weighted by Gasteiger charge is -2.29. The number of aromatic nitrogens is 1. The topological polar surface area (TPSA) is 49.1 Å². The summed E-state index contributed by atoms with van der Waals surface area (Å²) >= 11 is 1.66. The molecule has 0 aromatic carbocycles. The number of hydrogen-bond acceptors (Lipinski definition) is 5. The molecule has 0 aliphatic carbocycles. The van der Waals surface area contributed by atoms with E-state index in [-0.39, 0.29) is 0 Å². The van der Waals surface area contributed by atoms with Crippen molar-refractivity contribution in [3.05, 3.63) is 15.6 Å². The normalized spacial score (nSPS) is 20.4. The first-order chi connectivity index (χ1) is 9.22. The third kappa shape index (κ3) is 4.00. The Kier molecular flexibility index (Phi) is 5.32. The van der Waals surface area contributed by atoms with Gasteiger partial charge in [0.2, 0.25) is 0 Å². The first-order valence-electron chi connectivity index (χ1n) is 6.78. The summed E-state index contributed by atoms with van der Waals surface area (Å²) in [5, 5.41) is 9.97. The molecule has 0 radical (unpaired) electrons. The molecule has 2 rings (SSSR count). The minimum absolute atomic E-state index is 0.437. The fourth-order valence-corrected chi connectivity index (χ4v) is 3.63. The largest absolute Gasteiger partial charge is 0.378 e. The van der Waals surface area contributed by atoms with Crippen molar-refractivity contribution < 1.29 is 4.74 Å². The van der Waals surface area contributed by atoms with Gasteiger partial charge in [0.05, 0.1) is 31.3 Å². The predicted octanol–water partition coefficient (Wildman–Crippen LogP) is 2.59. The molecule has 1 aliphatic rings. The molecule has 0 spiro atoms. The van der Waals surface area contributed by atoms with Crippen molar-refractivity contribution in [2.24, 2.45) is 5.92 Å². The highest BCUT2D eigenvalue weighted by atomic mass is 32.1. The molecule has 1 fully saturated rings. The third-order valence-corrected chi connectivity index (χ3v) is 4.53. The van der Waals surface area contributed by atoms with Crippen LogP contribution >= 0.6 is 11.3 Å². The van der Waals surface area contributed by atoms with Crippen LogP contribution in [0.5, 0.6) is 0 Å². The first-order valence-corrected chi connectivity index (χ1v) is 7.60. The SMILES string of the molecule is COCc1nc(CN2CCCC(C)C2)sc1CC#N. The molecule has 0 N–H and O–H groups in total. The highest BCUT2D eigenvalue weighted by molar-refractivity contribution is 7.11. The summed E-state index contributed by atoms with van der Waals surface area (Å²) in [7, 11) is 1.67. The summed E-state index contributed by atoms with van der Waals surface area (Å²) in [5.74, 6) is 0.783. The lowest BCUT2D eigenvalue weighted by molar-refractivity contribution is 0.173. The van der Waals surface area contributed by atoms with Crippen LogP contribution in [0.25, 0.3) is 0 Å². The summed E-state index contributed by atoms with van der Waals surface area (Å²) in [6.07, 6.45) is 3.05. The van der Waals surface area contributed by atoms with Crippen LogP contribution in [0.1, 0.15) is 35.3 Å². The number of rotatable bonds is 5. The van der Waals surface area contributed by atoms with Crippen molar-refractivity contribution in [1.29, 1.82) is 5.26 Å². The number of nitrogens with zero attached hydrogens (tertiary/aromatic N) is 3. The number of hydrogen-bond donors (Lipinski definition) is 0. The molecule has 2 heterocycles. The van der Waals surface area contributed by atoms with E-state index < -0.39 is 0 Å². The van der Waals surface area contributed by atoms with Crippen molar-refractivity contribution in [2.75, 3.05) is 20.2 Å². The molecule has 0 amide bonds. The molecule has 0 saturated carbocycles. The van der Waals surface area contributed by atoms with Gasteiger partial charge in [0.1, 0.15) is 5.01 Å². The van der Waals surface area contributed by atoms with E-state index in [1.165, 1.54) is 12.8 Å². The minimum Gasteiger partial charge on any atom is -0.378 e. The van der Waals surface area contributed by atoms with Gasteiger partial charge < -0.3 is 4.74 Å². The maximum absolute atomic E-state index is 8.86. The monoisotopic (exact) mass is 279 g/mol. The van der Waals surface area contributed by atoms with E-state index in [2.05, 4.69) is 22.9 Å². The van der Waals surface area contributed by atoms with E-state index in [4.69, 9.17) is 10.00 Å². The summed E-state index contributed by atoms with van der Waals surface area (Å²) in [6, 6.07) is 2.21. The van der Waals surface area contributed by atoms with E-state index in [0.29, 0.717) is 13.0 Å². The number of thiazole rings is 1. The lowest BCUT2D eigenvalue weighted by atomic mass is 10.0. The van der Waals surface area contributed by atoms with Crippen LogP contribution < -0.4 is 0 Å². The summed E-state index contributed by atoms with van der Waals surface area (Å²) in [5.41, 5.74) is 0.939.